The Morgan fingerprint density at radius 1 is 0.808 bits per heavy atom. The van der Waals surface area contributed by atoms with Crippen LogP contribution in [0.5, 0.6) is 0 Å². The third-order valence-corrected chi connectivity index (χ3v) is 5.20. The summed E-state index contributed by atoms with van der Waals surface area (Å²) >= 11 is 0. The Balaban J connectivity index is 2.23. The van der Waals surface area contributed by atoms with Crippen LogP contribution in [-0.2, 0) is 14.2 Å². The Morgan fingerprint density at radius 2 is 1.31 bits per heavy atom. The van der Waals surface area contributed by atoms with E-state index in [9.17, 15) is 30.6 Å². The summed E-state index contributed by atoms with van der Waals surface area (Å²) in [6.07, 6.45) is -9.83. The minimum absolute atomic E-state index is 0.453. The van der Waals surface area contributed by atoms with Gasteiger partial charge in [-0.2, -0.15) is 0 Å². The first-order valence-corrected chi connectivity index (χ1v) is 8.93. The van der Waals surface area contributed by atoms with Gasteiger partial charge in [0.05, 0.1) is 25.4 Å². The topological polar surface area (TPSA) is 149 Å². The lowest BCUT2D eigenvalue weighted by Gasteiger charge is -2.49. The van der Waals surface area contributed by atoms with Gasteiger partial charge >= 0.3 is 0 Å². The molecule has 0 aliphatic carbocycles. The van der Waals surface area contributed by atoms with Crippen molar-refractivity contribution in [1.29, 1.82) is 0 Å². The summed E-state index contributed by atoms with van der Waals surface area (Å²) in [4.78, 5) is 0. The van der Waals surface area contributed by atoms with Gasteiger partial charge in [0.1, 0.15) is 36.6 Å². The van der Waals surface area contributed by atoms with Crippen LogP contribution < -0.4 is 0 Å². The molecule has 10 atom stereocenters. The molecule has 0 aromatic rings. The van der Waals surface area contributed by atoms with Gasteiger partial charge in [0, 0.05) is 5.92 Å². The van der Waals surface area contributed by atoms with E-state index in [2.05, 4.69) is 0 Å². The van der Waals surface area contributed by atoms with Crippen molar-refractivity contribution in [3.63, 3.8) is 0 Å². The minimum atomic E-state index is -1.35. The third kappa shape index (κ3) is 4.21. The summed E-state index contributed by atoms with van der Waals surface area (Å²) in [6, 6.07) is 0. The van der Waals surface area contributed by atoms with E-state index in [-0.39, 0.29) is 0 Å². The average molecular weight is 380 g/mol. The zero-order valence-electron chi connectivity index (χ0n) is 15.6. The molecule has 9 heteroatoms. The van der Waals surface area contributed by atoms with Crippen LogP contribution in [0.3, 0.4) is 0 Å². The maximum atomic E-state index is 10.5. The van der Waals surface area contributed by atoms with Crippen molar-refractivity contribution in [2.24, 2.45) is 11.3 Å². The molecule has 2 fully saturated rings. The molecule has 2 rings (SSSR count). The molecule has 9 nitrogen and oxygen atoms in total. The molecule has 6 N–H and O–H groups in total. The molecule has 2 saturated heterocycles. The van der Waals surface area contributed by atoms with Crippen LogP contribution in [0, 0.1) is 11.3 Å². The zero-order chi connectivity index (χ0) is 19.8. The minimum Gasteiger partial charge on any atom is -0.394 e. The number of hydrogen-bond acceptors (Lipinski definition) is 9. The fourth-order valence-electron chi connectivity index (χ4n) is 3.47. The van der Waals surface area contributed by atoms with Crippen LogP contribution in [0.15, 0.2) is 0 Å². The monoisotopic (exact) mass is 380 g/mol. The number of aliphatic hydroxyl groups excluding tert-OH is 6. The van der Waals surface area contributed by atoms with Crippen molar-refractivity contribution in [1.82, 2.24) is 0 Å². The van der Waals surface area contributed by atoms with Gasteiger partial charge in [0.15, 0.2) is 6.29 Å². The quantitative estimate of drug-likeness (QED) is 0.325. The van der Waals surface area contributed by atoms with Crippen LogP contribution in [0.1, 0.15) is 27.7 Å². The van der Waals surface area contributed by atoms with Crippen LogP contribution >= 0.6 is 0 Å². The molecule has 2 aliphatic rings. The lowest BCUT2D eigenvalue weighted by molar-refractivity contribution is -0.337. The van der Waals surface area contributed by atoms with Gasteiger partial charge in [-0.1, -0.05) is 27.7 Å². The number of hydrogen-bond donors (Lipinski definition) is 6. The van der Waals surface area contributed by atoms with E-state index in [1.165, 1.54) is 0 Å². The highest BCUT2D eigenvalue weighted by Crippen LogP contribution is 2.37. The molecular formula is C17H32O9. The highest BCUT2D eigenvalue weighted by molar-refractivity contribution is 4.98. The van der Waals surface area contributed by atoms with Gasteiger partial charge < -0.3 is 44.8 Å². The Kier molecular flexibility index (Phi) is 7.03. The van der Waals surface area contributed by atoms with Crippen molar-refractivity contribution in [2.75, 3.05) is 13.2 Å². The standard InChI is InChI=1S/C17H32O9/c1-7-10(20)11(21)9(6-19)25-16(7)26-14-13(23)12(22)8(5-18)24-15(14)17(2,3)4/h7-16,18-23H,5-6H2,1-4H3/t7-,8-,9+,10+,11+,12+,13-,14-,15?,16+/m0/s1. The Labute approximate surface area is 153 Å². The van der Waals surface area contributed by atoms with Gasteiger partial charge in [-0.25, -0.2) is 0 Å². The predicted molar refractivity (Wildman–Crippen MR) is 89.0 cm³/mol. The number of aliphatic hydroxyl groups is 6. The van der Waals surface area contributed by atoms with Crippen molar-refractivity contribution >= 4 is 0 Å². The molecule has 0 saturated carbocycles. The lowest BCUT2D eigenvalue weighted by atomic mass is 9.80. The maximum Gasteiger partial charge on any atom is 0.163 e. The van der Waals surface area contributed by atoms with Gasteiger partial charge in [-0.3, -0.25) is 0 Å². The SMILES string of the molecule is C[C@@H]1[C@@H](O[C@@H]2C(C(C)(C)C)O[C@@H](CO)[C@@H](O)[C@@H]2O)O[C@H](CO)[C@@H](O)[C@@H]1O. The predicted octanol–water partition coefficient (Wildman–Crippen LogP) is -2.03. The van der Waals surface area contributed by atoms with Gasteiger partial charge in [0.2, 0.25) is 0 Å². The number of ether oxygens (including phenoxy) is 3. The lowest BCUT2D eigenvalue weighted by Crippen LogP contribution is -2.64. The van der Waals surface area contributed by atoms with Crippen LogP contribution in [0.2, 0.25) is 0 Å². The van der Waals surface area contributed by atoms with Gasteiger partial charge in [0.25, 0.3) is 0 Å². The zero-order valence-corrected chi connectivity index (χ0v) is 15.6. The Bertz CT molecular complexity index is 452. The van der Waals surface area contributed by atoms with Crippen molar-refractivity contribution in [3.05, 3.63) is 0 Å². The van der Waals surface area contributed by atoms with E-state index in [1.54, 1.807) is 6.92 Å². The van der Waals surface area contributed by atoms with E-state index >= 15 is 0 Å². The second kappa shape index (κ2) is 8.34. The first-order valence-electron chi connectivity index (χ1n) is 8.93. The summed E-state index contributed by atoms with van der Waals surface area (Å²) in [6.45, 7) is 6.26. The van der Waals surface area contributed by atoms with Crippen LogP contribution in [0.4, 0.5) is 0 Å². The highest BCUT2D eigenvalue weighted by Gasteiger charge is 2.52. The number of rotatable bonds is 4. The second-order valence-corrected chi connectivity index (χ2v) is 8.29. The molecule has 0 spiro atoms. The van der Waals surface area contributed by atoms with E-state index < -0.39 is 79.7 Å². The normalized spacial score (nSPS) is 47.8. The van der Waals surface area contributed by atoms with Crippen molar-refractivity contribution < 1.29 is 44.8 Å². The first kappa shape index (κ1) is 21.9. The van der Waals surface area contributed by atoms with Crippen molar-refractivity contribution in [3.8, 4) is 0 Å². The van der Waals surface area contributed by atoms with Crippen LogP contribution in [0.25, 0.3) is 0 Å². The van der Waals surface area contributed by atoms with E-state index in [0.29, 0.717) is 0 Å². The molecule has 154 valence electrons. The van der Waals surface area contributed by atoms with E-state index in [1.807, 2.05) is 20.8 Å². The van der Waals surface area contributed by atoms with Gasteiger partial charge in [-0.05, 0) is 5.41 Å². The third-order valence-electron chi connectivity index (χ3n) is 5.20. The molecule has 1 unspecified atom stereocenters. The smallest absolute Gasteiger partial charge is 0.163 e. The molecule has 2 aliphatic heterocycles. The van der Waals surface area contributed by atoms with E-state index in [4.69, 9.17) is 14.2 Å². The maximum absolute atomic E-state index is 10.5. The summed E-state index contributed by atoms with van der Waals surface area (Å²) < 4.78 is 17.2. The summed E-state index contributed by atoms with van der Waals surface area (Å²) in [7, 11) is 0. The fraction of sp³-hybridized carbons (Fsp3) is 1.00. The molecule has 2 heterocycles. The molecule has 0 radical (unpaired) electrons. The Morgan fingerprint density at radius 3 is 1.81 bits per heavy atom. The summed E-state index contributed by atoms with van der Waals surface area (Å²) in [5, 5.41) is 59.6. The largest absolute Gasteiger partial charge is 0.394 e. The molecule has 0 bridgehead atoms. The molecule has 0 amide bonds. The average Bonchev–Trinajstić information content (AvgIpc) is 2.58. The van der Waals surface area contributed by atoms with Crippen LogP contribution in [-0.4, -0.2) is 99.0 Å². The molecule has 0 aromatic heterocycles. The fourth-order valence-corrected chi connectivity index (χ4v) is 3.47. The van der Waals surface area contributed by atoms with E-state index in [0.717, 1.165) is 0 Å². The first-order chi connectivity index (χ1) is 12.0. The molecular weight excluding hydrogens is 348 g/mol. The summed E-state index contributed by atoms with van der Waals surface area (Å²) in [5.74, 6) is -0.645. The molecule has 0 aromatic carbocycles. The summed E-state index contributed by atoms with van der Waals surface area (Å²) in [5.41, 5.74) is -0.494. The Hall–Kier alpha value is -0.360. The van der Waals surface area contributed by atoms with Gasteiger partial charge in [-0.15, -0.1) is 0 Å². The highest BCUT2D eigenvalue weighted by atomic mass is 16.7. The van der Waals surface area contributed by atoms with Crippen molar-refractivity contribution in [2.45, 2.75) is 82.8 Å². The second-order valence-electron chi connectivity index (χ2n) is 8.29. The molecule has 26 heavy (non-hydrogen) atoms.